The highest BCUT2D eigenvalue weighted by molar-refractivity contribution is 6.01. The van der Waals surface area contributed by atoms with Crippen LogP contribution < -0.4 is 15.5 Å². The van der Waals surface area contributed by atoms with Crippen molar-refractivity contribution in [2.24, 2.45) is 0 Å². The van der Waals surface area contributed by atoms with Crippen LogP contribution in [0.2, 0.25) is 0 Å². The minimum atomic E-state index is -0.681. The SMILES string of the molecule is CC(=O)OOc1ccc(C(=O)[C@H](C)NC(=O)COC2CCNCC2)cc1. The van der Waals surface area contributed by atoms with Crippen molar-refractivity contribution in [2.45, 2.75) is 38.8 Å². The number of benzene rings is 1. The van der Waals surface area contributed by atoms with E-state index in [9.17, 15) is 14.4 Å². The molecule has 1 aromatic carbocycles. The summed E-state index contributed by atoms with van der Waals surface area (Å²) in [6.45, 7) is 4.55. The quantitative estimate of drug-likeness (QED) is 0.403. The highest BCUT2D eigenvalue weighted by Gasteiger charge is 2.19. The summed E-state index contributed by atoms with van der Waals surface area (Å²) in [5, 5.41) is 5.87. The molecule has 1 aromatic rings. The summed E-state index contributed by atoms with van der Waals surface area (Å²) in [5.41, 5.74) is 0.409. The molecule has 8 heteroatoms. The molecule has 2 rings (SSSR count). The molecule has 0 unspecified atom stereocenters. The number of ether oxygens (including phenoxy) is 1. The molecule has 1 saturated heterocycles. The molecule has 2 N–H and O–H groups in total. The molecule has 0 aromatic heterocycles. The summed E-state index contributed by atoms with van der Waals surface area (Å²) in [5.74, 6) is -0.838. The average Bonchev–Trinajstić information content (AvgIpc) is 2.65. The van der Waals surface area contributed by atoms with Crippen molar-refractivity contribution < 1.29 is 28.9 Å². The molecular weight excluding hydrogens is 340 g/mol. The van der Waals surface area contributed by atoms with Gasteiger partial charge in [-0.15, -0.1) is 0 Å². The molecule has 8 nitrogen and oxygen atoms in total. The lowest BCUT2D eigenvalue weighted by Gasteiger charge is -2.23. The van der Waals surface area contributed by atoms with Gasteiger partial charge in [0.15, 0.2) is 11.5 Å². The monoisotopic (exact) mass is 364 g/mol. The first kappa shape index (κ1) is 19.9. The fourth-order valence-electron chi connectivity index (χ4n) is 2.54. The van der Waals surface area contributed by atoms with Gasteiger partial charge in [-0.3, -0.25) is 19.4 Å². The third-order valence-corrected chi connectivity index (χ3v) is 3.90. The zero-order valence-corrected chi connectivity index (χ0v) is 14.9. The molecule has 0 spiro atoms. The Balaban J connectivity index is 1.78. The second kappa shape index (κ2) is 9.88. The van der Waals surface area contributed by atoms with E-state index in [0.29, 0.717) is 11.3 Å². The second-order valence-corrected chi connectivity index (χ2v) is 6.10. The first-order valence-electron chi connectivity index (χ1n) is 8.56. The molecule has 142 valence electrons. The van der Waals surface area contributed by atoms with Gasteiger partial charge in [-0.05, 0) is 57.1 Å². The van der Waals surface area contributed by atoms with E-state index >= 15 is 0 Å². The second-order valence-electron chi connectivity index (χ2n) is 6.10. The summed E-state index contributed by atoms with van der Waals surface area (Å²) < 4.78 is 5.57. The zero-order valence-electron chi connectivity index (χ0n) is 14.9. The van der Waals surface area contributed by atoms with Crippen LogP contribution in [0.5, 0.6) is 5.75 Å². The molecule has 1 amide bonds. The van der Waals surface area contributed by atoms with Crippen molar-refractivity contribution in [3.8, 4) is 5.75 Å². The Labute approximate surface area is 152 Å². The maximum Gasteiger partial charge on any atom is 0.352 e. The van der Waals surface area contributed by atoms with E-state index in [-0.39, 0.29) is 24.4 Å². The number of Topliss-reactive ketones (excluding diaryl/α,β-unsaturated/α-hetero) is 1. The zero-order chi connectivity index (χ0) is 18.9. The van der Waals surface area contributed by atoms with Gasteiger partial charge in [0, 0.05) is 12.5 Å². The van der Waals surface area contributed by atoms with Gasteiger partial charge in [-0.25, -0.2) is 4.79 Å². The third kappa shape index (κ3) is 6.45. The number of ketones is 1. The smallest absolute Gasteiger partial charge is 0.352 e. The predicted molar refractivity (Wildman–Crippen MR) is 92.6 cm³/mol. The number of amides is 1. The normalized spacial score (nSPS) is 15.8. The van der Waals surface area contributed by atoms with E-state index in [2.05, 4.69) is 15.5 Å². The van der Waals surface area contributed by atoms with E-state index in [0.717, 1.165) is 25.9 Å². The predicted octanol–water partition coefficient (Wildman–Crippen LogP) is 1.000. The van der Waals surface area contributed by atoms with Crippen LogP contribution in [0.1, 0.15) is 37.0 Å². The lowest BCUT2D eigenvalue weighted by atomic mass is 10.1. The molecule has 1 aliphatic rings. The molecular formula is C18H24N2O6. The summed E-state index contributed by atoms with van der Waals surface area (Å²) in [6, 6.07) is 5.40. The van der Waals surface area contributed by atoms with Crippen LogP contribution in [0.4, 0.5) is 0 Å². The first-order chi connectivity index (χ1) is 12.5. The van der Waals surface area contributed by atoms with Gasteiger partial charge in [-0.2, -0.15) is 0 Å². The summed E-state index contributed by atoms with van der Waals surface area (Å²) in [7, 11) is 0. The van der Waals surface area contributed by atoms with Crippen LogP contribution in [0, 0.1) is 0 Å². The Morgan fingerprint density at radius 3 is 2.46 bits per heavy atom. The lowest BCUT2D eigenvalue weighted by molar-refractivity contribution is -0.210. The highest BCUT2D eigenvalue weighted by atomic mass is 17.2. The standard InChI is InChI=1S/C18H24N2O6/c1-12(20-17(22)11-24-15-7-9-19-10-8-15)18(23)14-3-5-16(6-4-14)26-25-13(2)21/h3-6,12,15,19H,7-11H2,1-2H3,(H,20,22)/t12-/m0/s1. The van der Waals surface area contributed by atoms with Crippen LogP contribution in [-0.4, -0.2) is 49.5 Å². The molecule has 1 aliphatic heterocycles. The molecule has 0 aliphatic carbocycles. The number of piperidine rings is 1. The molecule has 1 heterocycles. The molecule has 1 fully saturated rings. The maximum absolute atomic E-state index is 12.4. The Bertz CT molecular complexity index is 625. The van der Waals surface area contributed by atoms with E-state index in [1.165, 1.54) is 31.2 Å². The van der Waals surface area contributed by atoms with Gasteiger partial charge in [0.1, 0.15) is 6.61 Å². The van der Waals surface area contributed by atoms with E-state index in [4.69, 9.17) is 9.62 Å². The van der Waals surface area contributed by atoms with E-state index < -0.39 is 12.0 Å². The third-order valence-electron chi connectivity index (χ3n) is 3.90. The van der Waals surface area contributed by atoms with Gasteiger partial charge in [0.2, 0.25) is 5.91 Å². The number of nitrogens with one attached hydrogen (secondary N) is 2. The van der Waals surface area contributed by atoms with Gasteiger partial charge >= 0.3 is 5.97 Å². The van der Waals surface area contributed by atoms with Gasteiger partial charge < -0.3 is 15.4 Å². The van der Waals surface area contributed by atoms with Crippen LogP contribution in [0.25, 0.3) is 0 Å². The number of carbonyl (C=O) groups is 3. The van der Waals surface area contributed by atoms with Crippen LogP contribution in [-0.2, 0) is 19.2 Å². The lowest BCUT2D eigenvalue weighted by Crippen LogP contribution is -2.42. The Hall–Kier alpha value is -2.45. The van der Waals surface area contributed by atoms with Gasteiger partial charge in [0.05, 0.1) is 12.1 Å². The minimum Gasteiger partial charge on any atom is -0.368 e. The fourth-order valence-corrected chi connectivity index (χ4v) is 2.54. The Morgan fingerprint density at radius 1 is 1.19 bits per heavy atom. The average molecular weight is 364 g/mol. The van der Waals surface area contributed by atoms with Crippen LogP contribution in [0.3, 0.4) is 0 Å². The topological polar surface area (TPSA) is 103 Å². The molecule has 0 radical (unpaired) electrons. The van der Waals surface area contributed by atoms with Crippen molar-refractivity contribution >= 4 is 17.7 Å². The van der Waals surface area contributed by atoms with Crippen molar-refractivity contribution in [2.75, 3.05) is 19.7 Å². The number of carbonyl (C=O) groups excluding carboxylic acids is 3. The molecule has 26 heavy (non-hydrogen) atoms. The van der Waals surface area contributed by atoms with Crippen LogP contribution in [0.15, 0.2) is 24.3 Å². The number of hydrogen-bond donors (Lipinski definition) is 2. The van der Waals surface area contributed by atoms with Crippen molar-refractivity contribution in [3.63, 3.8) is 0 Å². The summed E-state index contributed by atoms with van der Waals surface area (Å²) in [4.78, 5) is 44.2. The molecule has 0 saturated carbocycles. The minimum absolute atomic E-state index is 0.0581. The maximum atomic E-state index is 12.4. The Morgan fingerprint density at radius 2 is 1.85 bits per heavy atom. The number of hydrogen-bond acceptors (Lipinski definition) is 7. The van der Waals surface area contributed by atoms with E-state index in [1.54, 1.807) is 6.92 Å². The van der Waals surface area contributed by atoms with Gasteiger partial charge in [0.25, 0.3) is 0 Å². The first-order valence-corrected chi connectivity index (χ1v) is 8.56. The Kier molecular flexibility index (Phi) is 7.55. The molecule has 0 bridgehead atoms. The van der Waals surface area contributed by atoms with Gasteiger partial charge in [-0.1, -0.05) is 0 Å². The van der Waals surface area contributed by atoms with Crippen molar-refractivity contribution in [1.82, 2.24) is 10.6 Å². The molecule has 1 atom stereocenters. The number of rotatable bonds is 8. The van der Waals surface area contributed by atoms with Crippen molar-refractivity contribution in [1.29, 1.82) is 0 Å². The summed E-state index contributed by atoms with van der Waals surface area (Å²) >= 11 is 0. The van der Waals surface area contributed by atoms with E-state index in [1.807, 2.05) is 0 Å². The summed E-state index contributed by atoms with van der Waals surface area (Å²) in [6.07, 6.45) is 1.84. The van der Waals surface area contributed by atoms with Crippen molar-refractivity contribution in [3.05, 3.63) is 29.8 Å². The fraction of sp³-hybridized carbons (Fsp3) is 0.500. The largest absolute Gasteiger partial charge is 0.368 e. The highest BCUT2D eigenvalue weighted by Crippen LogP contribution is 2.14. The van der Waals surface area contributed by atoms with Crippen LogP contribution >= 0.6 is 0 Å².